The third kappa shape index (κ3) is 3.36. The molecule has 3 nitrogen and oxygen atoms in total. The zero-order valence-electron chi connectivity index (χ0n) is 11.3. The highest BCUT2D eigenvalue weighted by molar-refractivity contribution is 7.92. The average molecular weight is 293 g/mol. The predicted octanol–water partition coefficient (Wildman–Crippen LogP) is 3.75. The number of nitrogens with one attached hydrogen (secondary N) is 1. The van der Waals surface area contributed by atoms with Gasteiger partial charge in [0.2, 0.25) is 0 Å². The summed E-state index contributed by atoms with van der Waals surface area (Å²) in [6.07, 6.45) is 0. The molecule has 0 spiro atoms. The second-order valence-electron chi connectivity index (χ2n) is 4.84. The minimum atomic E-state index is -3.65. The van der Waals surface area contributed by atoms with E-state index in [1.165, 1.54) is 30.3 Å². The van der Waals surface area contributed by atoms with Crippen LogP contribution in [-0.2, 0) is 10.0 Å². The molecule has 0 heterocycles. The molecule has 0 radical (unpaired) electrons. The molecule has 0 aromatic heterocycles. The van der Waals surface area contributed by atoms with E-state index in [-0.39, 0.29) is 10.8 Å². The maximum absolute atomic E-state index is 12.8. The lowest BCUT2D eigenvalue weighted by atomic mass is 10.0. The lowest BCUT2D eigenvalue weighted by Gasteiger charge is -2.11. The number of hydrogen-bond donors (Lipinski definition) is 1. The van der Waals surface area contributed by atoms with Gasteiger partial charge in [-0.05, 0) is 47.9 Å². The number of halogens is 1. The number of sulfonamides is 1. The topological polar surface area (TPSA) is 46.2 Å². The summed E-state index contributed by atoms with van der Waals surface area (Å²) in [5, 5.41) is 0. The molecule has 0 atom stereocenters. The van der Waals surface area contributed by atoms with Crippen LogP contribution in [0.5, 0.6) is 0 Å². The van der Waals surface area contributed by atoms with Gasteiger partial charge in [0.15, 0.2) is 0 Å². The summed E-state index contributed by atoms with van der Waals surface area (Å²) >= 11 is 0. The van der Waals surface area contributed by atoms with Gasteiger partial charge in [0.1, 0.15) is 5.82 Å². The Hall–Kier alpha value is -1.88. The van der Waals surface area contributed by atoms with Crippen LogP contribution < -0.4 is 4.72 Å². The van der Waals surface area contributed by atoms with E-state index in [4.69, 9.17) is 0 Å². The Morgan fingerprint density at radius 1 is 1.05 bits per heavy atom. The van der Waals surface area contributed by atoms with Gasteiger partial charge >= 0.3 is 0 Å². The highest BCUT2D eigenvalue weighted by atomic mass is 32.2. The Bertz CT molecular complexity index is 694. The smallest absolute Gasteiger partial charge is 0.261 e. The van der Waals surface area contributed by atoms with Crippen molar-refractivity contribution in [3.63, 3.8) is 0 Å². The van der Waals surface area contributed by atoms with E-state index in [0.29, 0.717) is 5.69 Å². The monoisotopic (exact) mass is 293 g/mol. The molecule has 0 amide bonds. The summed E-state index contributed by atoms with van der Waals surface area (Å²) in [4.78, 5) is 0.202. The van der Waals surface area contributed by atoms with Gasteiger partial charge < -0.3 is 0 Å². The van der Waals surface area contributed by atoms with E-state index in [9.17, 15) is 12.8 Å². The Kier molecular flexibility index (Phi) is 4.09. The van der Waals surface area contributed by atoms with Crippen LogP contribution >= 0.6 is 0 Å². The normalized spacial score (nSPS) is 11.6. The summed E-state index contributed by atoms with van der Waals surface area (Å²) < 4.78 is 39.8. The minimum absolute atomic E-state index is 0.202. The Morgan fingerprint density at radius 3 is 2.30 bits per heavy atom. The fourth-order valence-electron chi connectivity index (χ4n) is 1.77. The van der Waals surface area contributed by atoms with Gasteiger partial charge in [-0.1, -0.05) is 26.0 Å². The molecule has 0 aliphatic rings. The van der Waals surface area contributed by atoms with Crippen molar-refractivity contribution in [2.24, 2.45) is 0 Å². The third-order valence-electron chi connectivity index (χ3n) is 2.93. The van der Waals surface area contributed by atoms with Crippen molar-refractivity contribution < 1.29 is 12.8 Å². The van der Waals surface area contributed by atoms with E-state index in [1.807, 2.05) is 19.9 Å². The molecule has 0 fully saturated rings. The van der Waals surface area contributed by atoms with E-state index >= 15 is 0 Å². The first-order valence-corrected chi connectivity index (χ1v) is 7.75. The first-order valence-electron chi connectivity index (χ1n) is 6.27. The molecule has 0 saturated heterocycles. The maximum atomic E-state index is 12.8. The summed E-state index contributed by atoms with van der Waals surface area (Å²) in [6.45, 7) is 4.00. The van der Waals surface area contributed by atoms with Gasteiger partial charge in [0, 0.05) is 5.69 Å². The number of hydrogen-bond acceptors (Lipinski definition) is 2. The van der Waals surface area contributed by atoms with E-state index < -0.39 is 15.8 Å². The van der Waals surface area contributed by atoms with Crippen LogP contribution in [0.3, 0.4) is 0 Å². The van der Waals surface area contributed by atoms with Gasteiger partial charge in [0.05, 0.1) is 4.90 Å². The van der Waals surface area contributed by atoms with Crippen molar-refractivity contribution in [2.45, 2.75) is 24.7 Å². The molecular formula is C15H16FNO2S. The van der Waals surface area contributed by atoms with Crippen LogP contribution in [0.1, 0.15) is 25.3 Å². The summed E-state index contributed by atoms with van der Waals surface area (Å²) in [6, 6.07) is 12.0. The van der Waals surface area contributed by atoms with E-state index in [0.717, 1.165) is 5.56 Å². The fourth-order valence-corrected chi connectivity index (χ4v) is 2.89. The SMILES string of the molecule is CC(C)c1cccc(S(=O)(=O)Nc2ccc(F)cc2)c1. The molecule has 2 rings (SSSR count). The van der Waals surface area contributed by atoms with Gasteiger partial charge in [-0.15, -0.1) is 0 Å². The number of benzene rings is 2. The fraction of sp³-hybridized carbons (Fsp3) is 0.200. The van der Waals surface area contributed by atoms with Crippen molar-refractivity contribution in [1.29, 1.82) is 0 Å². The Labute approximate surface area is 118 Å². The molecule has 2 aromatic carbocycles. The van der Waals surface area contributed by atoms with Crippen LogP contribution in [0, 0.1) is 5.82 Å². The van der Waals surface area contributed by atoms with E-state index in [2.05, 4.69) is 4.72 Å². The van der Waals surface area contributed by atoms with Crippen molar-refractivity contribution >= 4 is 15.7 Å². The van der Waals surface area contributed by atoms with Gasteiger partial charge in [-0.2, -0.15) is 0 Å². The molecule has 0 aliphatic carbocycles. The Balaban J connectivity index is 2.30. The van der Waals surface area contributed by atoms with Gasteiger partial charge in [-0.25, -0.2) is 12.8 Å². The summed E-state index contributed by atoms with van der Waals surface area (Å²) in [7, 11) is -3.65. The molecule has 5 heteroatoms. The van der Waals surface area contributed by atoms with Crippen molar-refractivity contribution in [3.05, 3.63) is 59.9 Å². The number of anilines is 1. The quantitative estimate of drug-likeness (QED) is 0.933. The second kappa shape index (κ2) is 5.63. The molecule has 1 N–H and O–H groups in total. The van der Waals surface area contributed by atoms with Crippen LogP contribution in [-0.4, -0.2) is 8.42 Å². The van der Waals surface area contributed by atoms with Gasteiger partial charge in [-0.3, -0.25) is 4.72 Å². The third-order valence-corrected chi connectivity index (χ3v) is 4.31. The standard InChI is InChI=1S/C15H16FNO2S/c1-11(2)12-4-3-5-15(10-12)20(18,19)17-14-8-6-13(16)7-9-14/h3-11,17H,1-2H3. The van der Waals surface area contributed by atoms with E-state index in [1.54, 1.807) is 12.1 Å². The molecule has 0 saturated carbocycles. The highest BCUT2D eigenvalue weighted by Crippen LogP contribution is 2.21. The van der Waals surface area contributed by atoms with Crippen LogP contribution in [0.2, 0.25) is 0 Å². The highest BCUT2D eigenvalue weighted by Gasteiger charge is 2.15. The first-order chi connectivity index (χ1) is 9.38. The molecule has 2 aromatic rings. The molecule has 0 bridgehead atoms. The zero-order valence-corrected chi connectivity index (χ0v) is 12.1. The minimum Gasteiger partial charge on any atom is -0.280 e. The average Bonchev–Trinajstić information content (AvgIpc) is 2.41. The molecule has 20 heavy (non-hydrogen) atoms. The summed E-state index contributed by atoms with van der Waals surface area (Å²) in [5.74, 6) is -0.161. The van der Waals surface area contributed by atoms with Crippen LogP contribution in [0.4, 0.5) is 10.1 Å². The van der Waals surface area contributed by atoms with Gasteiger partial charge in [0.25, 0.3) is 10.0 Å². The number of rotatable bonds is 4. The Morgan fingerprint density at radius 2 is 1.70 bits per heavy atom. The lowest BCUT2D eigenvalue weighted by Crippen LogP contribution is -2.13. The lowest BCUT2D eigenvalue weighted by molar-refractivity contribution is 0.600. The first kappa shape index (κ1) is 14.5. The van der Waals surface area contributed by atoms with Crippen LogP contribution in [0.15, 0.2) is 53.4 Å². The molecule has 106 valence electrons. The zero-order chi connectivity index (χ0) is 14.8. The van der Waals surface area contributed by atoms with Crippen LogP contribution in [0.25, 0.3) is 0 Å². The summed E-state index contributed by atoms with van der Waals surface area (Å²) in [5.41, 5.74) is 1.29. The maximum Gasteiger partial charge on any atom is 0.261 e. The molecule has 0 unspecified atom stereocenters. The van der Waals surface area contributed by atoms with Crippen molar-refractivity contribution in [3.8, 4) is 0 Å². The second-order valence-corrected chi connectivity index (χ2v) is 6.52. The molecule has 0 aliphatic heterocycles. The van der Waals surface area contributed by atoms with Crippen molar-refractivity contribution in [2.75, 3.05) is 4.72 Å². The predicted molar refractivity (Wildman–Crippen MR) is 77.7 cm³/mol. The largest absolute Gasteiger partial charge is 0.280 e. The molecular weight excluding hydrogens is 277 g/mol. The van der Waals surface area contributed by atoms with Crippen molar-refractivity contribution in [1.82, 2.24) is 0 Å².